The maximum Gasteiger partial charge on any atom is 0.0952 e. The van der Waals surface area contributed by atoms with Gasteiger partial charge in [0.1, 0.15) is 0 Å². The van der Waals surface area contributed by atoms with Gasteiger partial charge in [-0.15, -0.1) is 0 Å². The van der Waals surface area contributed by atoms with Gasteiger partial charge in [-0.05, 0) is 19.9 Å². The Morgan fingerprint density at radius 2 is 1.17 bits per heavy atom. The first-order chi connectivity index (χ1) is 11.7. The summed E-state index contributed by atoms with van der Waals surface area (Å²) >= 11 is 0. The van der Waals surface area contributed by atoms with E-state index in [1.54, 1.807) is 7.05 Å². The van der Waals surface area contributed by atoms with Crippen molar-refractivity contribution >= 4 is 0 Å². The van der Waals surface area contributed by atoms with Gasteiger partial charge in [0.05, 0.1) is 12.2 Å². The molecule has 0 rings (SSSR count). The Balaban J connectivity index is 3.42. The fraction of sp³-hybridized carbons (Fsp3) is 1.00. The van der Waals surface area contributed by atoms with Gasteiger partial charge in [0.15, 0.2) is 0 Å². The molecule has 4 heteroatoms. The van der Waals surface area contributed by atoms with Crippen molar-refractivity contribution < 1.29 is 15.3 Å². The molecule has 4 N–H and O–H groups in total. The second-order valence-corrected chi connectivity index (χ2v) is 7.14. The minimum atomic E-state index is -0.796. The van der Waals surface area contributed by atoms with Crippen molar-refractivity contribution in [3.63, 3.8) is 0 Å². The highest BCUT2D eigenvalue weighted by atomic mass is 16.3. The maximum absolute atomic E-state index is 10.1. The maximum atomic E-state index is 10.1. The molecule has 0 radical (unpaired) electrons. The Morgan fingerprint density at radius 1 is 0.708 bits per heavy atom. The SMILES string of the molecule is CCCCCCCCCCCCCCC(O)C(O)C(CCO)NC. The Labute approximate surface area is 150 Å². The molecule has 0 aliphatic carbocycles. The van der Waals surface area contributed by atoms with Gasteiger partial charge in [-0.1, -0.05) is 84.0 Å². The summed E-state index contributed by atoms with van der Waals surface area (Å²) in [6.45, 7) is 2.28. The standard InChI is InChI=1S/C20H43NO3/c1-3-4-5-6-7-8-9-10-11-12-13-14-15-19(23)20(24)18(21-2)16-17-22/h18-24H,3-17H2,1-2H3. The van der Waals surface area contributed by atoms with Crippen molar-refractivity contribution in [3.8, 4) is 0 Å². The predicted octanol–water partition coefficient (Wildman–Crippen LogP) is 3.77. The van der Waals surface area contributed by atoms with Crippen molar-refractivity contribution in [2.75, 3.05) is 13.7 Å². The Morgan fingerprint density at radius 3 is 1.58 bits per heavy atom. The van der Waals surface area contributed by atoms with Gasteiger partial charge in [0.25, 0.3) is 0 Å². The molecule has 3 unspecified atom stereocenters. The number of likely N-dealkylation sites (N-methyl/N-ethyl adjacent to an activating group) is 1. The monoisotopic (exact) mass is 345 g/mol. The van der Waals surface area contributed by atoms with Crippen LogP contribution in [0.3, 0.4) is 0 Å². The van der Waals surface area contributed by atoms with Crippen LogP contribution in [0.5, 0.6) is 0 Å². The normalized spacial score (nSPS) is 15.4. The summed E-state index contributed by atoms with van der Waals surface area (Å²) in [6, 6.07) is -0.234. The molecule has 0 aliphatic heterocycles. The number of aliphatic hydroxyl groups is 3. The second-order valence-electron chi connectivity index (χ2n) is 7.14. The summed E-state index contributed by atoms with van der Waals surface area (Å²) < 4.78 is 0. The molecule has 0 amide bonds. The molecule has 0 fully saturated rings. The molecule has 0 aromatic rings. The number of unbranched alkanes of at least 4 members (excludes halogenated alkanes) is 11. The van der Waals surface area contributed by atoms with Crippen LogP contribution in [-0.4, -0.2) is 47.2 Å². The lowest BCUT2D eigenvalue weighted by atomic mass is 9.97. The van der Waals surface area contributed by atoms with Gasteiger partial charge in [0.2, 0.25) is 0 Å². The lowest BCUT2D eigenvalue weighted by Gasteiger charge is -2.26. The molecule has 0 aromatic heterocycles. The van der Waals surface area contributed by atoms with E-state index in [1.807, 2.05) is 0 Å². The molecule has 0 heterocycles. The van der Waals surface area contributed by atoms with Crippen LogP contribution in [-0.2, 0) is 0 Å². The number of rotatable bonds is 18. The number of aliphatic hydroxyl groups excluding tert-OH is 3. The van der Waals surface area contributed by atoms with Crippen molar-refractivity contribution in [1.29, 1.82) is 0 Å². The first-order valence-corrected chi connectivity index (χ1v) is 10.3. The zero-order chi connectivity index (χ0) is 18.0. The minimum Gasteiger partial charge on any atom is -0.396 e. The predicted molar refractivity (Wildman–Crippen MR) is 102 cm³/mol. The number of nitrogens with one attached hydrogen (secondary N) is 1. The van der Waals surface area contributed by atoms with E-state index in [2.05, 4.69) is 12.2 Å². The zero-order valence-corrected chi connectivity index (χ0v) is 16.2. The van der Waals surface area contributed by atoms with Crippen molar-refractivity contribution in [3.05, 3.63) is 0 Å². The summed E-state index contributed by atoms with van der Waals surface area (Å²) in [6.07, 6.45) is 15.2. The van der Waals surface area contributed by atoms with Gasteiger partial charge < -0.3 is 20.6 Å². The van der Waals surface area contributed by atoms with Crippen LogP contribution in [0.2, 0.25) is 0 Å². The smallest absolute Gasteiger partial charge is 0.0952 e. The van der Waals surface area contributed by atoms with E-state index in [4.69, 9.17) is 5.11 Å². The van der Waals surface area contributed by atoms with Crippen LogP contribution in [0.15, 0.2) is 0 Å². The van der Waals surface area contributed by atoms with Crippen LogP contribution < -0.4 is 5.32 Å². The molecule has 0 saturated carbocycles. The molecule has 146 valence electrons. The summed E-state index contributed by atoms with van der Waals surface area (Å²) in [7, 11) is 1.75. The fourth-order valence-electron chi connectivity index (χ4n) is 3.26. The topological polar surface area (TPSA) is 72.7 Å². The molecular weight excluding hydrogens is 302 g/mol. The van der Waals surface area contributed by atoms with Crippen molar-refractivity contribution in [2.24, 2.45) is 0 Å². The highest BCUT2D eigenvalue weighted by Crippen LogP contribution is 2.15. The van der Waals surface area contributed by atoms with Crippen LogP contribution in [0.4, 0.5) is 0 Å². The second kappa shape index (κ2) is 17.7. The quantitative estimate of drug-likeness (QED) is 0.285. The lowest BCUT2D eigenvalue weighted by molar-refractivity contribution is -0.0123. The van der Waals surface area contributed by atoms with E-state index in [-0.39, 0.29) is 12.6 Å². The van der Waals surface area contributed by atoms with Crippen LogP contribution >= 0.6 is 0 Å². The van der Waals surface area contributed by atoms with E-state index in [0.717, 1.165) is 12.8 Å². The third kappa shape index (κ3) is 13.2. The molecule has 0 aromatic carbocycles. The van der Waals surface area contributed by atoms with Gasteiger partial charge in [-0.25, -0.2) is 0 Å². The van der Waals surface area contributed by atoms with E-state index in [1.165, 1.54) is 64.2 Å². The molecule has 24 heavy (non-hydrogen) atoms. The van der Waals surface area contributed by atoms with Crippen LogP contribution in [0.1, 0.15) is 96.8 Å². The Bertz CT molecular complexity index is 251. The van der Waals surface area contributed by atoms with E-state index >= 15 is 0 Å². The Hall–Kier alpha value is -0.160. The molecule has 4 nitrogen and oxygen atoms in total. The molecule has 0 saturated heterocycles. The van der Waals surface area contributed by atoms with E-state index in [0.29, 0.717) is 12.8 Å². The number of hydrogen-bond acceptors (Lipinski definition) is 4. The molecule has 0 aliphatic rings. The third-order valence-electron chi connectivity index (χ3n) is 4.97. The molecule has 0 spiro atoms. The largest absolute Gasteiger partial charge is 0.396 e. The molecule has 3 atom stereocenters. The number of hydrogen-bond donors (Lipinski definition) is 4. The van der Waals surface area contributed by atoms with Gasteiger partial charge in [0, 0.05) is 12.6 Å². The van der Waals surface area contributed by atoms with Gasteiger partial charge >= 0.3 is 0 Å². The minimum absolute atomic E-state index is 0.0217. The highest BCUT2D eigenvalue weighted by molar-refractivity contribution is 4.80. The molecular formula is C20H43NO3. The molecule has 0 bridgehead atoms. The van der Waals surface area contributed by atoms with Gasteiger partial charge in [-0.2, -0.15) is 0 Å². The highest BCUT2D eigenvalue weighted by Gasteiger charge is 2.24. The third-order valence-corrected chi connectivity index (χ3v) is 4.97. The fourth-order valence-corrected chi connectivity index (χ4v) is 3.26. The Kier molecular flexibility index (Phi) is 17.5. The zero-order valence-electron chi connectivity index (χ0n) is 16.2. The average Bonchev–Trinajstić information content (AvgIpc) is 2.59. The summed E-state index contributed by atoms with van der Waals surface area (Å²) in [5, 5.41) is 32.0. The average molecular weight is 346 g/mol. The first kappa shape index (κ1) is 23.8. The van der Waals surface area contributed by atoms with Crippen molar-refractivity contribution in [1.82, 2.24) is 5.32 Å². The lowest BCUT2D eigenvalue weighted by Crippen LogP contribution is -2.45. The van der Waals surface area contributed by atoms with Crippen molar-refractivity contribution in [2.45, 2.75) is 115 Å². The van der Waals surface area contributed by atoms with Gasteiger partial charge in [-0.3, -0.25) is 0 Å². The summed E-state index contributed by atoms with van der Waals surface area (Å²) in [5.41, 5.74) is 0. The summed E-state index contributed by atoms with van der Waals surface area (Å²) in [4.78, 5) is 0. The first-order valence-electron chi connectivity index (χ1n) is 10.3. The van der Waals surface area contributed by atoms with E-state index in [9.17, 15) is 10.2 Å². The van der Waals surface area contributed by atoms with E-state index < -0.39 is 12.2 Å². The van der Waals surface area contributed by atoms with Crippen LogP contribution in [0.25, 0.3) is 0 Å². The summed E-state index contributed by atoms with van der Waals surface area (Å²) in [5.74, 6) is 0. The van der Waals surface area contributed by atoms with Crippen LogP contribution in [0, 0.1) is 0 Å².